The van der Waals surface area contributed by atoms with Crippen LogP contribution in [0.15, 0.2) is 28.3 Å². The minimum Gasteiger partial charge on any atom is -0.461 e. The summed E-state index contributed by atoms with van der Waals surface area (Å²) in [6.07, 6.45) is 0. The first kappa shape index (κ1) is 19.6. The van der Waals surface area contributed by atoms with Crippen LogP contribution in [0, 0.1) is 6.92 Å². The predicted molar refractivity (Wildman–Crippen MR) is 103 cm³/mol. The van der Waals surface area contributed by atoms with Gasteiger partial charge in [0, 0.05) is 25.3 Å². The van der Waals surface area contributed by atoms with Gasteiger partial charge in [-0.05, 0) is 58.4 Å². The molecule has 0 fully saturated rings. The molecular weight excluding hydrogens is 332 g/mol. The van der Waals surface area contributed by atoms with Crippen molar-refractivity contribution in [1.29, 1.82) is 0 Å². The maximum atomic E-state index is 12.5. The third-order valence-electron chi connectivity index (χ3n) is 4.19. The lowest BCUT2D eigenvalue weighted by Gasteiger charge is -2.21. The smallest absolute Gasteiger partial charge is 0.361 e. The van der Waals surface area contributed by atoms with Gasteiger partial charge in [-0.15, -0.1) is 0 Å². The predicted octanol–water partition coefficient (Wildman–Crippen LogP) is 2.69. The number of rotatable bonds is 7. The van der Waals surface area contributed by atoms with E-state index < -0.39 is 5.97 Å². The third kappa shape index (κ3) is 3.92. The highest BCUT2D eigenvalue weighted by Crippen LogP contribution is 2.26. The minimum absolute atomic E-state index is 0.0315. The maximum Gasteiger partial charge on any atom is 0.361 e. The first-order chi connectivity index (χ1) is 12.5. The Morgan fingerprint density at radius 3 is 2.46 bits per heavy atom. The minimum atomic E-state index is -0.632. The fraction of sp³-hybridized carbons (Fsp3) is 0.474. The van der Waals surface area contributed by atoms with Crippen LogP contribution in [0.3, 0.4) is 0 Å². The zero-order chi connectivity index (χ0) is 19.3. The first-order valence-corrected chi connectivity index (χ1v) is 8.98. The molecule has 7 nitrogen and oxygen atoms in total. The molecule has 0 N–H and O–H groups in total. The lowest BCUT2D eigenvalue weighted by Crippen LogP contribution is -2.30. The van der Waals surface area contributed by atoms with Crippen LogP contribution in [-0.4, -0.2) is 54.5 Å². The van der Waals surface area contributed by atoms with Gasteiger partial charge in [0.2, 0.25) is 0 Å². The van der Waals surface area contributed by atoms with Gasteiger partial charge in [0.25, 0.3) is 5.91 Å². The lowest BCUT2D eigenvalue weighted by molar-refractivity contribution is -0.134. The van der Waals surface area contributed by atoms with Crippen LogP contribution in [0.25, 0.3) is 0 Å². The molecule has 0 aliphatic carbocycles. The molecule has 1 aliphatic rings. The highest BCUT2D eigenvalue weighted by atomic mass is 16.5. The molecule has 2 rings (SSSR count). The summed E-state index contributed by atoms with van der Waals surface area (Å²) < 4.78 is 5.01. The Kier molecular flexibility index (Phi) is 6.49. The van der Waals surface area contributed by atoms with Gasteiger partial charge in [0.1, 0.15) is 0 Å². The fourth-order valence-corrected chi connectivity index (χ4v) is 2.76. The Morgan fingerprint density at radius 1 is 1.23 bits per heavy atom. The van der Waals surface area contributed by atoms with Gasteiger partial charge >= 0.3 is 5.97 Å². The Bertz CT molecular complexity index is 751. The normalized spacial score (nSPS) is 15.4. The monoisotopic (exact) mass is 358 g/mol. The molecule has 0 radical (unpaired) electrons. The first-order valence-electron chi connectivity index (χ1n) is 8.98. The number of anilines is 1. The van der Waals surface area contributed by atoms with Crippen molar-refractivity contribution in [2.45, 2.75) is 34.6 Å². The van der Waals surface area contributed by atoms with Gasteiger partial charge in [-0.3, -0.25) is 4.79 Å². The van der Waals surface area contributed by atoms with Crippen molar-refractivity contribution in [3.8, 4) is 0 Å². The van der Waals surface area contributed by atoms with Crippen molar-refractivity contribution >= 4 is 34.7 Å². The van der Waals surface area contributed by atoms with E-state index in [2.05, 4.69) is 28.8 Å². The molecule has 0 atom stereocenters. The summed E-state index contributed by atoms with van der Waals surface area (Å²) in [6, 6.07) is 5.86. The van der Waals surface area contributed by atoms with Crippen molar-refractivity contribution in [2.75, 3.05) is 31.1 Å². The van der Waals surface area contributed by atoms with Crippen molar-refractivity contribution in [2.24, 2.45) is 10.1 Å². The van der Waals surface area contributed by atoms with Crippen LogP contribution < -0.4 is 4.90 Å². The molecule has 0 aromatic heterocycles. The van der Waals surface area contributed by atoms with Crippen LogP contribution in [0.1, 0.15) is 33.3 Å². The quantitative estimate of drug-likeness (QED) is 0.703. The van der Waals surface area contributed by atoms with E-state index in [9.17, 15) is 9.59 Å². The average Bonchev–Trinajstić information content (AvgIpc) is 2.94. The second-order valence-electron chi connectivity index (χ2n) is 5.79. The SMILES string of the molecule is CCOC(=O)C1=NN(CC)C(=O)C1=Nc1ccc(N(CC)CC)cc1C. The molecule has 1 aromatic carbocycles. The number of aliphatic imine (C=N–C) groups is 1. The van der Waals surface area contributed by atoms with Crippen LogP contribution in [0.2, 0.25) is 0 Å². The van der Waals surface area contributed by atoms with Gasteiger partial charge in [-0.2, -0.15) is 5.10 Å². The van der Waals surface area contributed by atoms with E-state index in [0.29, 0.717) is 12.2 Å². The molecular formula is C19H26N4O3. The number of carbonyl (C=O) groups excluding carboxylic acids is 2. The molecule has 1 aliphatic heterocycles. The van der Waals surface area contributed by atoms with Crippen LogP contribution >= 0.6 is 0 Å². The maximum absolute atomic E-state index is 12.5. The van der Waals surface area contributed by atoms with Gasteiger partial charge in [0.05, 0.1) is 12.3 Å². The highest BCUT2D eigenvalue weighted by molar-refractivity contribution is 6.81. The molecule has 0 saturated carbocycles. The van der Waals surface area contributed by atoms with Crippen molar-refractivity contribution in [1.82, 2.24) is 5.01 Å². The summed E-state index contributed by atoms with van der Waals surface area (Å²) in [4.78, 5) is 31.3. The second kappa shape index (κ2) is 8.60. The standard InChI is InChI=1S/C19H26N4O3/c1-6-22(7-2)14-10-11-15(13(5)12-14)20-16-17(19(25)26-9-4)21-23(8-3)18(16)24/h10-12H,6-9H2,1-5H3. The highest BCUT2D eigenvalue weighted by Gasteiger charge is 2.36. The molecule has 0 bridgehead atoms. The number of hydrazone groups is 1. The summed E-state index contributed by atoms with van der Waals surface area (Å²) in [6.45, 7) is 12.0. The van der Waals surface area contributed by atoms with E-state index in [1.807, 2.05) is 25.1 Å². The van der Waals surface area contributed by atoms with E-state index >= 15 is 0 Å². The van der Waals surface area contributed by atoms with Gasteiger partial charge in [0.15, 0.2) is 11.4 Å². The molecule has 0 saturated heterocycles. The molecule has 0 spiro atoms. The Morgan fingerprint density at radius 2 is 1.92 bits per heavy atom. The van der Waals surface area contributed by atoms with Crippen LogP contribution in [-0.2, 0) is 14.3 Å². The molecule has 1 heterocycles. The molecule has 0 unspecified atom stereocenters. The number of hydrogen-bond donors (Lipinski definition) is 0. The van der Waals surface area contributed by atoms with Gasteiger partial charge in [-0.1, -0.05) is 0 Å². The largest absolute Gasteiger partial charge is 0.461 e. The molecule has 1 aromatic rings. The van der Waals surface area contributed by atoms with Crippen molar-refractivity contribution < 1.29 is 14.3 Å². The number of hydrogen-bond acceptors (Lipinski definition) is 6. The van der Waals surface area contributed by atoms with E-state index in [1.54, 1.807) is 13.8 Å². The summed E-state index contributed by atoms with van der Waals surface area (Å²) in [5, 5.41) is 5.30. The fourth-order valence-electron chi connectivity index (χ4n) is 2.76. The number of carbonyl (C=O) groups is 2. The molecule has 7 heteroatoms. The number of esters is 1. The third-order valence-corrected chi connectivity index (χ3v) is 4.19. The van der Waals surface area contributed by atoms with Gasteiger partial charge < -0.3 is 9.64 Å². The van der Waals surface area contributed by atoms with Crippen LogP contribution in [0.4, 0.5) is 11.4 Å². The Labute approximate surface area is 154 Å². The Hall–Kier alpha value is -2.70. The van der Waals surface area contributed by atoms with Crippen LogP contribution in [0.5, 0.6) is 0 Å². The summed E-state index contributed by atoms with van der Waals surface area (Å²) in [5.41, 5.74) is 2.66. The lowest BCUT2D eigenvalue weighted by atomic mass is 10.1. The molecule has 140 valence electrons. The summed E-state index contributed by atoms with van der Waals surface area (Å²) in [5.74, 6) is -1.02. The van der Waals surface area contributed by atoms with Crippen molar-refractivity contribution in [3.63, 3.8) is 0 Å². The zero-order valence-electron chi connectivity index (χ0n) is 16.1. The van der Waals surface area contributed by atoms with E-state index in [0.717, 1.165) is 24.3 Å². The zero-order valence-corrected chi connectivity index (χ0v) is 16.1. The number of nitrogens with zero attached hydrogens (tertiary/aromatic N) is 4. The number of ether oxygens (including phenoxy) is 1. The van der Waals surface area contributed by atoms with E-state index in [1.165, 1.54) is 5.01 Å². The Balaban J connectivity index is 2.41. The molecule has 26 heavy (non-hydrogen) atoms. The van der Waals surface area contributed by atoms with Gasteiger partial charge in [-0.25, -0.2) is 14.8 Å². The average molecular weight is 358 g/mol. The number of benzene rings is 1. The van der Waals surface area contributed by atoms with E-state index in [-0.39, 0.29) is 23.9 Å². The molecule has 1 amide bonds. The second-order valence-corrected chi connectivity index (χ2v) is 5.79. The number of amides is 1. The topological polar surface area (TPSA) is 74.6 Å². The summed E-state index contributed by atoms with van der Waals surface area (Å²) in [7, 11) is 0. The number of aryl methyl sites for hydroxylation is 1. The van der Waals surface area contributed by atoms with E-state index in [4.69, 9.17) is 4.74 Å². The van der Waals surface area contributed by atoms with Crippen molar-refractivity contribution in [3.05, 3.63) is 23.8 Å². The summed E-state index contributed by atoms with van der Waals surface area (Å²) >= 11 is 0.